The van der Waals surface area contributed by atoms with Crippen molar-refractivity contribution in [3.63, 3.8) is 0 Å². The van der Waals surface area contributed by atoms with E-state index in [0.717, 1.165) is 6.42 Å². The van der Waals surface area contributed by atoms with Crippen molar-refractivity contribution in [2.24, 2.45) is 5.41 Å². The van der Waals surface area contributed by atoms with Gasteiger partial charge < -0.3 is 10.4 Å². The van der Waals surface area contributed by atoms with Gasteiger partial charge in [-0.2, -0.15) is 0 Å². The Kier molecular flexibility index (Phi) is 6.01. The Morgan fingerprint density at radius 2 is 2.09 bits per heavy atom. The molecule has 1 aliphatic carbocycles. The standard InChI is InChI=1S/C19H29NO2/c1-19(2)12-6-9-17(14-19)20-16(10-11-18(21)22)13-15-7-4-3-5-8-15/h3-5,7-8,16-17,20H,6,9-14H2,1-2H3,(H,21,22). The third-order valence-electron chi connectivity index (χ3n) is 4.71. The van der Waals surface area contributed by atoms with Crippen LogP contribution in [0.1, 0.15) is 57.9 Å². The second-order valence-electron chi connectivity index (χ2n) is 7.44. The van der Waals surface area contributed by atoms with Crippen LogP contribution in [-0.4, -0.2) is 23.2 Å². The summed E-state index contributed by atoms with van der Waals surface area (Å²) >= 11 is 0. The number of hydrogen-bond acceptors (Lipinski definition) is 2. The first kappa shape index (κ1) is 17.0. The second-order valence-corrected chi connectivity index (χ2v) is 7.44. The zero-order valence-corrected chi connectivity index (χ0v) is 13.8. The zero-order valence-electron chi connectivity index (χ0n) is 13.8. The summed E-state index contributed by atoms with van der Waals surface area (Å²) in [5, 5.41) is 12.7. The number of carbonyl (C=O) groups is 1. The van der Waals surface area contributed by atoms with Crippen molar-refractivity contribution in [2.45, 2.75) is 70.9 Å². The lowest BCUT2D eigenvalue weighted by Gasteiger charge is -2.37. The highest BCUT2D eigenvalue weighted by Gasteiger charge is 2.29. The number of hydrogen-bond donors (Lipinski definition) is 2. The summed E-state index contributed by atoms with van der Waals surface area (Å²) in [6.45, 7) is 4.68. The summed E-state index contributed by atoms with van der Waals surface area (Å²) < 4.78 is 0. The van der Waals surface area contributed by atoms with Crippen LogP contribution in [0.3, 0.4) is 0 Å². The lowest BCUT2D eigenvalue weighted by atomic mass is 9.75. The van der Waals surface area contributed by atoms with Crippen LogP contribution in [0, 0.1) is 5.41 Å². The number of rotatable bonds is 7. The molecule has 1 saturated carbocycles. The minimum atomic E-state index is -0.705. The van der Waals surface area contributed by atoms with Crippen LogP contribution < -0.4 is 5.32 Å². The fourth-order valence-electron chi connectivity index (χ4n) is 3.61. The Bertz CT molecular complexity index is 470. The topological polar surface area (TPSA) is 49.3 Å². The molecule has 2 unspecified atom stereocenters. The SMILES string of the molecule is CC1(C)CCCC(NC(CCC(=O)O)Cc2ccccc2)C1. The largest absolute Gasteiger partial charge is 0.481 e. The number of carboxylic acids is 1. The average molecular weight is 303 g/mol. The molecular formula is C19H29NO2. The fourth-order valence-corrected chi connectivity index (χ4v) is 3.61. The van der Waals surface area contributed by atoms with Gasteiger partial charge in [0.25, 0.3) is 0 Å². The van der Waals surface area contributed by atoms with Gasteiger partial charge in [-0.1, -0.05) is 50.6 Å². The van der Waals surface area contributed by atoms with Gasteiger partial charge in [0, 0.05) is 18.5 Å². The van der Waals surface area contributed by atoms with Gasteiger partial charge >= 0.3 is 5.97 Å². The number of aliphatic carboxylic acids is 1. The lowest BCUT2D eigenvalue weighted by Crippen LogP contribution is -2.44. The maximum Gasteiger partial charge on any atom is 0.303 e. The van der Waals surface area contributed by atoms with Crippen molar-refractivity contribution in [3.05, 3.63) is 35.9 Å². The highest BCUT2D eigenvalue weighted by atomic mass is 16.4. The molecule has 1 aromatic carbocycles. The fraction of sp³-hybridized carbons (Fsp3) is 0.632. The first-order valence-electron chi connectivity index (χ1n) is 8.46. The molecule has 2 rings (SSSR count). The van der Waals surface area contributed by atoms with Gasteiger partial charge in [-0.3, -0.25) is 4.79 Å². The van der Waals surface area contributed by atoms with Gasteiger partial charge in [0.1, 0.15) is 0 Å². The van der Waals surface area contributed by atoms with Crippen LogP contribution in [0.5, 0.6) is 0 Å². The van der Waals surface area contributed by atoms with Crippen LogP contribution >= 0.6 is 0 Å². The van der Waals surface area contributed by atoms with Gasteiger partial charge in [0.2, 0.25) is 0 Å². The summed E-state index contributed by atoms with van der Waals surface area (Å²) in [4.78, 5) is 10.9. The van der Waals surface area contributed by atoms with E-state index in [4.69, 9.17) is 5.11 Å². The molecule has 1 fully saturated rings. The summed E-state index contributed by atoms with van der Waals surface area (Å²) in [7, 11) is 0. The number of carboxylic acid groups (broad SMARTS) is 1. The van der Waals surface area contributed by atoms with E-state index < -0.39 is 5.97 Å². The minimum Gasteiger partial charge on any atom is -0.481 e. The van der Waals surface area contributed by atoms with Gasteiger partial charge in [-0.25, -0.2) is 0 Å². The van der Waals surface area contributed by atoms with E-state index >= 15 is 0 Å². The summed E-state index contributed by atoms with van der Waals surface area (Å²) in [6.07, 6.45) is 6.80. The Balaban J connectivity index is 1.96. The first-order valence-corrected chi connectivity index (χ1v) is 8.46. The molecule has 0 heterocycles. The molecule has 3 heteroatoms. The van der Waals surface area contributed by atoms with Gasteiger partial charge in [-0.15, -0.1) is 0 Å². The molecule has 0 spiro atoms. The van der Waals surface area contributed by atoms with E-state index in [1.54, 1.807) is 0 Å². The molecule has 0 radical (unpaired) electrons. The maximum absolute atomic E-state index is 10.9. The summed E-state index contributed by atoms with van der Waals surface area (Å²) in [6, 6.07) is 11.1. The molecule has 22 heavy (non-hydrogen) atoms. The Labute approximate surface area is 134 Å². The van der Waals surface area contributed by atoms with Gasteiger partial charge in [-0.05, 0) is 43.1 Å². The van der Waals surface area contributed by atoms with Crippen molar-refractivity contribution in [1.82, 2.24) is 5.32 Å². The van der Waals surface area contributed by atoms with E-state index in [2.05, 4.69) is 31.3 Å². The van der Waals surface area contributed by atoms with E-state index in [1.807, 2.05) is 18.2 Å². The lowest BCUT2D eigenvalue weighted by molar-refractivity contribution is -0.137. The summed E-state index contributed by atoms with van der Waals surface area (Å²) in [5.41, 5.74) is 1.68. The molecule has 0 bridgehead atoms. The molecule has 2 atom stereocenters. The quantitative estimate of drug-likeness (QED) is 0.800. The Hall–Kier alpha value is -1.35. The minimum absolute atomic E-state index is 0.237. The molecule has 0 aromatic heterocycles. The molecule has 2 N–H and O–H groups in total. The van der Waals surface area contributed by atoms with Crippen molar-refractivity contribution >= 4 is 5.97 Å². The molecule has 0 aliphatic heterocycles. The van der Waals surface area contributed by atoms with Crippen molar-refractivity contribution in [3.8, 4) is 0 Å². The third-order valence-corrected chi connectivity index (χ3v) is 4.71. The van der Waals surface area contributed by atoms with Crippen LogP contribution in [0.15, 0.2) is 30.3 Å². The number of benzene rings is 1. The van der Waals surface area contributed by atoms with Crippen molar-refractivity contribution < 1.29 is 9.90 Å². The van der Waals surface area contributed by atoms with E-state index in [9.17, 15) is 4.79 Å². The molecule has 122 valence electrons. The molecule has 3 nitrogen and oxygen atoms in total. The smallest absolute Gasteiger partial charge is 0.303 e. The Morgan fingerprint density at radius 3 is 2.73 bits per heavy atom. The van der Waals surface area contributed by atoms with E-state index in [1.165, 1.54) is 31.2 Å². The summed E-state index contributed by atoms with van der Waals surface area (Å²) in [5.74, 6) is -0.705. The molecule has 1 aromatic rings. The monoisotopic (exact) mass is 303 g/mol. The second kappa shape index (κ2) is 7.77. The normalized spacial score (nSPS) is 22.2. The molecule has 0 saturated heterocycles. The van der Waals surface area contributed by atoms with E-state index in [-0.39, 0.29) is 12.5 Å². The van der Waals surface area contributed by atoms with Crippen molar-refractivity contribution in [1.29, 1.82) is 0 Å². The molecular weight excluding hydrogens is 274 g/mol. The van der Waals surface area contributed by atoms with Gasteiger partial charge in [0.05, 0.1) is 0 Å². The predicted octanol–water partition coefficient (Wildman–Crippen LogP) is 4.02. The average Bonchev–Trinajstić information content (AvgIpc) is 2.45. The first-order chi connectivity index (χ1) is 10.4. The van der Waals surface area contributed by atoms with Crippen LogP contribution in [0.25, 0.3) is 0 Å². The predicted molar refractivity (Wildman–Crippen MR) is 90.0 cm³/mol. The number of nitrogens with one attached hydrogen (secondary N) is 1. The highest BCUT2D eigenvalue weighted by Crippen LogP contribution is 2.35. The van der Waals surface area contributed by atoms with Crippen LogP contribution in [0.2, 0.25) is 0 Å². The van der Waals surface area contributed by atoms with Crippen molar-refractivity contribution in [2.75, 3.05) is 0 Å². The molecule has 1 aliphatic rings. The maximum atomic E-state index is 10.9. The molecule has 0 amide bonds. The van der Waals surface area contributed by atoms with Crippen LogP contribution in [-0.2, 0) is 11.2 Å². The Morgan fingerprint density at radius 1 is 1.36 bits per heavy atom. The van der Waals surface area contributed by atoms with Crippen LogP contribution in [0.4, 0.5) is 0 Å². The van der Waals surface area contributed by atoms with E-state index in [0.29, 0.717) is 17.9 Å². The zero-order chi connectivity index (χ0) is 16.0. The highest BCUT2D eigenvalue weighted by molar-refractivity contribution is 5.66. The third kappa shape index (κ3) is 5.80. The van der Waals surface area contributed by atoms with Gasteiger partial charge in [0.15, 0.2) is 0 Å².